The van der Waals surface area contributed by atoms with Gasteiger partial charge in [0.25, 0.3) is 0 Å². The molecule has 0 radical (unpaired) electrons. The molecule has 1 rings (SSSR count). The number of hydrogen-bond acceptors (Lipinski definition) is 2. The molecule has 0 saturated heterocycles. The molecule has 0 heterocycles. The van der Waals surface area contributed by atoms with Crippen LogP contribution in [0.2, 0.25) is 0 Å². The van der Waals surface area contributed by atoms with Crippen molar-refractivity contribution in [1.82, 2.24) is 0 Å². The zero-order valence-electron chi connectivity index (χ0n) is 9.08. The molecular weight excluding hydrogens is 176 g/mol. The Morgan fingerprint density at radius 2 is 2.00 bits per heavy atom. The van der Waals surface area contributed by atoms with Crippen molar-refractivity contribution in [3.8, 4) is 5.75 Å². The third-order valence-electron chi connectivity index (χ3n) is 2.28. The number of hydrogen-bond donors (Lipinski definition) is 1. The number of benzene rings is 1. The van der Waals surface area contributed by atoms with Crippen LogP contribution in [0, 0.1) is 0 Å². The van der Waals surface area contributed by atoms with Crippen LogP contribution in [0.1, 0.15) is 25.0 Å². The van der Waals surface area contributed by atoms with Gasteiger partial charge in [-0.2, -0.15) is 0 Å². The normalized spacial score (nSPS) is 12.6. The lowest BCUT2D eigenvalue weighted by Gasteiger charge is -2.13. The van der Waals surface area contributed by atoms with Gasteiger partial charge in [0.05, 0.1) is 13.2 Å². The monoisotopic (exact) mass is 194 g/mol. The van der Waals surface area contributed by atoms with E-state index in [0.29, 0.717) is 6.42 Å². The summed E-state index contributed by atoms with van der Waals surface area (Å²) in [5.74, 6) is 0.927. The van der Waals surface area contributed by atoms with E-state index in [2.05, 4.69) is 13.0 Å². The largest absolute Gasteiger partial charge is 0.496 e. The minimum Gasteiger partial charge on any atom is -0.496 e. The summed E-state index contributed by atoms with van der Waals surface area (Å²) in [7, 11) is 1.68. The number of rotatable bonds is 4. The number of methoxy groups -OCH3 is 1. The van der Waals surface area contributed by atoms with Crippen molar-refractivity contribution in [2.24, 2.45) is 0 Å². The lowest BCUT2D eigenvalue weighted by molar-refractivity contribution is 0.194. The second-order valence-corrected chi connectivity index (χ2v) is 3.52. The van der Waals surface area contributed by atoms with Crippen molar-refractivity contribution in [1.29, 1.82) is 0 Å². The van der Waals surface area contributed by atoms with Crippen LogP contribution in [0.4, 0.5) is 0 Å². The Kier molecular flexibility index (Phi) is 3.96. The van der Waals surface area contributed by atoms with Gasteiger partial charge in [-0.15, -0.1) is 0 Å². The van der Waals surface area contributed by atoms with E-state index < -0.39 is 0 Å². The molecule has 78 valence electrons. The van der Waals surface area contributed by atoms with Crippen molar-refractivity contribution >= 4 is 0 Å². The maximum atomic E-state index is 9.33. The molecule has 1 unspecified atom stereocenters. The maximum Gasteiger partial charge on any atom is 0.125 e. The topological polar surface area (TPSA) is 29.5 Å². The van der Waals surface area contributed by atoms with Crippen LogP contribution in [0.15, 0.2) is 18.2 Å². The van der Waals surface area contributed by atoms with Crippen LogP contribution in [0.5, 0.6) is 5.75 Å². The molecule has 0 bridgehead atoms. The third-order valence-corrected chi connectivity index (χ3v) is 2.28. The van der Waals surface area contributed by atoms with Crippen LogP contribution in [0.3, 0.4) is 0 Å². The summed E-state index contributed by atoms with van der Waals surface area (Å²) >= 11 is 0. The molecule has 1 aromatic carbocycles. The van der Waals surface area contributed by atoms with Gasteiger partial charge in [-0.1, -0.05) is 25.1 Å². The quantitative estimate of drug-likeness (QED) is 0.796. The number of aliphatic hydroxyl groups excluding tert-OH is 1. The fourth-order valence-electron chi connectivity index (χ4n) is 1.66. The summed E-state index contributed by atoms with van der Waals surface area (Å²) in [5, 5.41) is 9.33. The predicted molar refractivity (Wildman–Crippen MR) is 57.8 cm³/mol. The third kappa shape index (κ3) is 2.48. The molecule has 0 saturated carbocycles. The molecule has 0 aliphatic heterocycles. The van der Waals surface area contributed by atoms with Gasteiger partial charge in [-0.25, -0.2) is 0 Å². The fourth-order valence-corrected chi connectivity index (χ4v) is 1.66. The number of para-hydroxylation sites is 1. The van der Waals surface area contributed by atoms with Crippen LogP contribution in [0.25, 0.3) is 0 Å². The highest BCUT2D eigenvalue weighted by Crippen LogP contribution is 2.25. The van der Waals surface area contributed by atoms with Crippen molar-refractivity contribution in [2.75, 3.05) is 7.11 Å². The van der Waals surface area contributed by atoms with Crippen LogP contribution >= 0.6 is 0 Å². The molecule has 14 heavy (non-hydrogen) atoms. The summed E-state index contributed by atoms with van der Waals surface area (Å²) < 4.78 is 5.36. The van der Waals surface area contributed by atoms with E-state index in [0.717, 1.165) is 17.7 Å². The SMILES string of the molecule is CCc1cccc(CC(C)O)c1OC. The van der Waals surface area contributed by atoms with Crippen molar-refractivity contribution in [3.63, 3.8) is 0 Å². The van der Waals surface area contributed by atoms with E-state index in [4.69, 9.17) is 4.74 Å². The summed E-state index contributed by atoms with van der Waals surface area (Å²) in [6, 6.07) is 6.08. The number of aryl methyl sites for hydroxylation is 1. The lowest BCUT2D eigenvalue weighted by atomic mass is 10.0. The van der Waals surface area contributed by atoms with Gasteiger partial charge in [-0.05, 0) is 24.5 Å². The summed E-state index contributed by atoms with van der Waals surface area (Å²) in [6.45, 7) is 3.89. The van der Waals surface area contributed by atoms with Gasteiger partial charge >= 0.3 is 0 Å². The van der Waals surface area contributed by atoms with Gasteiger partial charge in [0, 0.05) is 6.42 Å². The average Bonchev–Trinajstić information content (AvgIpc) is 2.16. The zero-order valence-corrected chi connectivity index (χ0v) is 9.08. The molecule has 1 aromatic rings. The van der Waals surface area contributed by atoms with Crippen LogP contribution < -0.4 is 4.74 Å². The Morgan fingerprint density at radius 3 is 2.50 bits per heavy atom. The number of aliphatic hydroxyl groups is 1. The van der Waals surface area contributed by atoms with Gasteiger partial charge < -0.3 is 9.84 Å². The van der Waals surface area contributed by atoms with Crippen LogP contribution in [-0.4, -0.2) is 18.3 Å². The fraction of sp³-hybridized carbons (Fsp3) is 0.500. The predicted octanol–water partition coefficient (Wildman–Crippen LogP) is 2.18. The molecule has 1 N–H and O–H groups in total. The molecule has 0 amide bonds. The molecule has 0 aromatic heterocycles. The van der Waals surface area contributed by atoms with E-state index in [9.17, 15) is 5.11 Å². The van der Waals surface area contributed by atoms with Crippen molar-refractivity contribution in [3.05, 3.63) is 29.3 Å². The molecule has 1 atom stereocenters. The molecule has 0 fully saturated rings. The molecule has 2 nitrogen and oxygen atoms in total. The van der Waals surface area contributed by atoms with Crippen LogP contribution in [-0.2, 0) is 12.8 Å². The first kappa shape index (κ1) is 11.1. The van der Waals surface area contributed by atoms with Crippen molar-refractivity contribution < 1.29 is 9.84 Å². The Labute approximate surface area is 85.5 Å². The summed E-state index contributed by atoms with van der Waals surface area (Å²) in [6.07, 6.45) is 1.28. The lowest BCUT2D eigenvalue weighted by Crippen LogP contribution is -2.06. The first-order valence-electron chi connectivity index (χ1n) is 5.01. The second-order valence-electron chi connectivity index (χ2n) is 3.52. The van der Waals surface area contributed by atoms with E-state index in [1.165, 1.54) is 5.56 Å². The highest BCUT2D eigenvalue weighted by molar-refractivity contribution is 5.41. The van der Waals surface area contributed by atoms with E-state index in [1.54, 1.807) is 14.0 Å². The van der Waals surface area contributed by atoms with Gasteiger partial charge in [-0.3, -0.25) is 0 Å². The Morgan fingerprint density at radius 1 is 1.36 bits per heavy atom. The molecule has 0 spiro atoms. The first-order valence-corrected chi connectivity index (χ1v) is 5.01. The second kappa shape index (κ2) is 5.01. The molecule has 0 aliphatic rings. The zero-order chi connectivity index (χ0) is 10.6. The van der Waals surface area contributed by atoms with E-state index >= 15 is 0 Å². The highest BCUT2D eigenvalue weighted by atomic mass is 16.5. The maximum absolute atomic E-state index is 9.33. The Bertz CT molecular complexity index is 292. The van der Waals surface area contributed by atoms with Crippen molar-refractivity contribution in [2.45, 2.75) is 32.8 Å². The molecule has 0 aliphatic carbocycles. The molecular formula is C12H18O2. The van der Waals surface area contributed by atoms with Gasteiger partial charge in [0.2, 0.25) is 0 Å². The van der Waals surface area contributed by atoms with Gasteiger partial charge in [0.1, 0.15) is 5.75 Å². The standard InChI is InChI=1S/C12H18O2/c1-4-10-6-5-7-11(8-9(2)13)12(10)14-3/h5-7,9,13H,4,8H2,1-3H3. The first-order chi connectivity index (χ1) is 6.69. The summed E-state index contributed by atoms with van der Waals surface area (Å²) in [5.41, 5.74) is 2.28. The summed E-state index contributed by atoms with van der Waals surface area (Å²) in [4.78, 5) is 0. The Hall–Kier alpha value is -1.02. The minimum atomic E-state index is -0.323. The van der Waals surface area contributed by atoms with E-state index in [1.807, 2.05) is 12.1 Å². The number of ether oxygens (including phenoxy) is 1. The highest BCUT2D eigenvalue weighted by Gasteiger charge is 2.09. The Balaban J connectivity index is 3.02. The average molecular weight is 194 g/mol. The van der Waals surface area contributed by atoms with E-state index in [-0.39, 0.29) is 6.10 Å². The minimum absolute atomic E-state index is 0.323. The van der Waals surface area contributed by atoms with Gasteiger partial charge in [0.15, 0.2) is 0 Å². The molecule has 2 heteroatoms. The smallest absolute Gasteiger partial charge is 0.125 e.